The van der Waals surface area contributed by atoms with Crippen molar-refractivity contribution in [3.63, 3.8) is 0 Å². The van der Waals surface area contributed by atoms with Crippen LogP contribution in [0.2, 0.25) is 0 Å². The third-order valence-corrected chi connectivity index (χ3v) is 3.64. The summed E-state index contributed by atoms with van der Waals surface area (Å²) in [5, 5.41) is 9.72. The fourth-order valence-corrected chi connectivity index (χ4v) is 2.59. The number of sulfone groups is 1. The molecule has 0 fully saturated rings. The summed E-state index contributed by atoms with van der Waals surface area (Å²) in [5.41, 5.74) is 5.58. The van der Waals surface area contributed by atoms with Crippen molar-refractivity contribution in [1.29, 1.82) is 0 Å². The average Bonchev–Trinajstić information content (AvgIpc) is 2.72. The van der Waals surface area contributed by atoms with Gasteiger partial charge in [-0.1, -0.05) is 0 Å². The lowest BCUT2D eigenvalue weighted by atomic mass is 10.1. The SMILES string of the molecule is CS(=O)(=O)c1cc2c(cc1C(O)CN)OCO2. The summed E-state index contributed by atoms with van der Waals surface area (Å²) in [6.07, 6.45) is 0.0197. The first-order valence-electron chi connectivity index (χ1n) is 4.95. The van der Waals surface area contributed by atoms with Gasteiger partial charge in [0.25, 0.3) is 0 Å². The Morgan fingerprint density at radius 2 is 2.00 bits per heavy atom. The number of fused-ring (bicyclic) bond motifs is 1. The summed E-state index contributed by atoms with van der Waals surface area (Å²) >= 11 is 0. The second-order valence-electron chi connectivity index (χ2n) is 3.77. The van der Waals surface area contributed by atoms with Gasteiger partial charge >= 0.3 is 0 Å². The van der Waals surface area contributed by atoms with Gasteiger partial charge in [-0.15, -0.1) is 0 Å². The lowest BCUT2D eigenvalue weighted by Gasteiger charge is -2.13. The van der Waals surface area contributed by atoms with E-state index in [-0.39, 0.29) is 23.8 Å². The third kappa shape index (κ3) is 2.21. The number of ether oxygens (including phenoxy) is 2. The van der Waals surface area contributed by atoms with Gasteiger partial charge in [0, 0.05) is 24.4 Å². The molecule has 94 valence electrons. The Morgan fingerprint density at radius 1 is 1.41 bits per heavy atom. The molecule has 0 radical (unpaired) electrons. The summed E-state index contributed by atoms with van der Waals surface area (Å²) in [4.78, 5) is 0.0136. The first-order chi connectivity index (χ1) is 7.93. The lowest BCUT2D eigenvalue weighted by Crippen LogP contribution is -2.15. The highest BCUT2D eigenvalue weighted by Gasteiger charge is 2.24. The maximum atomic E-state index is 11.6. The van der Waals surface area contributed by atoms with Crippen molar-refractivity contribution in [2.45, 2.75) is 11.0 Å². The zero-order valence-corrected chi connectivity index (χ0v) is 10.0. The quantitative estimate of drug-likeness (QED) is 0.780. The maximum absolute atomic E-state index is 11.6. The van der Waals surface area contributed by atoms with Gasteiger partial charge < -0.3 is 20.3 Å². The number of hydrogen-bond donors (Lipinski definition) is 2. The van der Waals surface area contributed by atoms with Crippen LogP contribution in [0, 0.1) is 0 Å². The number of hydrogen-bond acceptors (Lipinski definition) is 6. The van der Waals surface area contributed by atoms with E-state index in [4.69, 9.17) is 15.2 Å². The molecule has 17 heavy (non-hydrogen) atoms. The van der Waals surface area contributed by atoms with Gasteiger partial charge in [-0.2, -0.15) is 0 Å². The van der Waals surface area contributed by atoms with Gasteiger partial charge in [-0.05, 0) is 6.07 Å². The van der Waals surface area contributed by atoms with Crippen LogP contribution in [0.4, 0.5) is 0 Å². The summed E-state index contributed by atoms with van der Waals surface area (Å²) in [5.74, 6) is 0.776. The second-order valence-corrected chi connectivity index (χ2v) is 5.75. The largest absolute Gasteiger partial charge is 0.454 e. The van der Waals surface area contributed by atoms with Crippen LogP contribution in [0.25, 0.3) is 0 Å². The van der Waals surface area contributed by atoms with Crippen molar-refractivity contribution in [3.8, 4) is 11.5 Å². The van der Waals surface area contributed by atoms with E-state index >= 15 is 0 Å². The minimum Gasteiger partial charge on any atom is -0.454 e. The molecule has 0 spiro atoms. The van der Waals surface area contributed by atoms with Crippen LogP contribution in [0.1, 0.15) is 11.7 Å². The molecule has 1 aliphatic heterocycles. The molecule has 1 aliphatic rings. The number of benzene rings is 1. The lowest BCUT2D eigenvalue weighted by molar-refractivity contribution is 0.172. The zero-order chi connectivity index (χ0) is 12.6. The minimum atomic E-state index is -3.46. The van der Waals surface area contributed by atoms with Crippen LogP contribution in [0.15, 0.2) is 17.0 Å². The van der Waals surface area contributed by atoms with E-state index in [0.29, 0.717) is 11.5 Å². The molecule has 0 aromatic heterocycles. The first kappa shape index (κ1) is 12.2. The second kappa shape index (κ2) is 4.17. The Hall–Kier alpha value is -1.31. The predicted octanol–water partition coefficient (Wildman–Crippen LogP) is -0.189. The number of aliphatic hydroxyl groups excluding tert-OH is 1. The van der Waals surface area contributed by atoms with Gasteiger partial charge in [0.05, 0.1) is 11.0 Å². The Labute approximate surface area is 98.9 Å². The summed E-state index contributed by atoms with van der Waals surface area (Å²) in [6, 6.07) is 2.81. The molecule has 1 heterocycles. The van der Waals surface area contributed by atoms with Gasteiger partial charge in [0.15, 0.2) is 21.3 Å². The minimum absolute atomic E-state index is 0.0136. The molecule has 0 saturated carbocycles. The molecule has 1 aromatic carbocycles. The fraction of sp³-hybridized carbons (Fsp3) is 0.400. The molecule has 3 N–H and O–H groups in total. The maximum Gasteiger partial charge on any atom is 0.231 e. The smallest absolute Gasteiger partial charge is 0.231 e. The highest BCUT2D eigenvalue weighted by molar-refractivity contribution is 7.90. The van der Waals surface area contributed by atoms with Crippen molar-refractivity contribution in [3.05, 3.63) is 17.7 Å². The highest BCUT2D eigenvalue weighted by Crippen LogP contribution is 2.38. The number of aliphatic hydroxyl groups is 1. The van der Waals surface area contributed by atoms with Crippen molar-refractivity contribution in [1.82, 2.24) is 0 Å². The molecule has 7 heteroatoms. The average molecular weight is 259 g/mol. The Kier molecular flexibility index (Phi) is 2.98. The number of nitrogens with two attached hydrogens (primary N) is 1. The molecule has 2 rings (SSSR count). The molecule has 0 saturated heterocycles. The van der Waals surface area contributed by atoms with Crippen molar-refractivity contribution in [2.24, 2.45) is 5.73 Å². The molecule has 1 atom stereocenters. The Morgan fingerprint density at radius 3 is 2.53 bits per heavy atom. The predicted molar refractivity (Wildman–Crippen MR) is 59.7 cm³/mol. The molecule has 1 unspecified atom stereocenters. The molecule has 0 aliphatic carbocycles. The van der Waals surface area contributed by atoms with Crippen LogP contribution < -0.4 is 15.2 Å². The normalized spacial score (nSPS) is 15.9. The zero-order valence-electron chi connectivity index (χ0n) is 9.21. The molecular formula is C10H13NO5S. The highest BCUT2D eigenvalue weighted by atomic mass is 32.2. The summed E-state index contributed by atoms with van der Waals surface area (Å²) < 4.78 is 33.5. The van der Waals surface area contributed by atoms with Gasteiger partial charge in [0.1, 0.15) is 0 Å². The van der Waals surface area contributed by atoms with E-state index in [0.717, 1.165) is 6.26 Å². The van der Waals surface area contributed by atoms with E-state index in [1.807, 2.05) is 0 Å². The van der Waals surface area contributed by atoms with E-state index < -0.39 is 15.9 Å². The third-order valence-electron chi connectivity index (χ3n) is 2.49. The number of rotatable bonds is 3. The van der Waals surface area contributed by atoms with Crippen LogP contribution >= 0.6 is 0 Å². The van der Waals surface area contributed by atoms with Gasteiger partial charge in [0.2, 0.25) is 6.79 Å². The van der Waals surface area contributed by atoms with Crippen LogP contribution in [0.3, 0.4) is 0 Å². The monoisotopic (exact) mass is 259 g/mol. The van der Waals surface area contributed by atoms with E-state index in [1.165, 1.54) is 12.1 Å². The van der Waals surface area contributed by atoms with Crippen molar-refractivity contribution >= 4 is 9.84 Å². The van der Waals surface area contributed by atoms with E-state index in [2.05, 4.69) is 0 Å². The van der Waals surface area contributed by atoms with Gasteiger partial charge in [-0.25, -0.2) is 8.42 Å². The summed E-state index contributed by atoms with van der Waals surface area (Å²) in [7, 11) is -3.46. The van der Waals surface area contributed by atoms with Crippen molar-refractivity contribution < 1.29 is 23.0 Å². The van der Waals surface area contributed by atoms with Crippen LogP contribution in [0.5, 0.6) is 11.5 Å². The fourth-order valence-electron chi connectivity index (χ4n) is 1.65. The van der Waals surface area contributed by atoms with Crippen LogP contribution in [-0.4, -0.2) is 33.1 Å². The topological polar surface area (TPSA) is 98.9 Å². The molecular weight excluding hydrogens is 246 g/mol. The van der Waals surface area contributed by atoms with Crippen LogP contribution in [-0.2, 0) is 9.84 Å². The first-order valence-corrected chi connectivity index (χ1v) is 6.84. The van der Waals surface area contributed by atoms with E-state index in [1.54, 1.807) is 0 Å². The molecule has 1 aromatic rings. The molecule has 6 nitrogen and oxygen atoms in total. The van der Waals surface area contributed by atoms with Crippen molar-refractivity contribution in [2.75, 3.05) is 19.6 Å². The standard InChI is InChI=1S/C10H13NO5S/c1-17(13,14)10-3-9-8(15-5-16-9)2-6(10)7(12)4-11/h2-3,7,12H,4-5,11H2,1H3. The molecule has 0 amide bonds. The summed E-state index contributed by atoms with van der Waals surface area (Å²) in [6.45, 7) is -0.0249. The Bertz CT molecular complexity index is 540. The molecule has 0 bridgehead atoms. The Balaban J connectivity index is 2.63. The van der Waals surface area contributed by atoms with Gasteiger partial charge in [-0.3, -0.25) is 0 Å². The van der Waals surface area contributed by atoms with E-state index in [9.17, 15) is 13.5 Å².